The van der Waals surface area contributed by atoms with Gasteiger partial charge in [0.15, 0.2) is 5.96 Å². The Kier molecular flexibility index (Phi) is 12.1. The van der Waals surface area contributed by atoms with Crippen molar-refractivity contribution in [2.75, 3.05) is 41.0 Å². The fourth-order valence-electron chi connectivity index (χ4n) is 3.89. The van der Waals surface area contributed by atoms with Crippen molar-refractivity contribution in [1.29, 1.82) is 0 Å². The quantitative estimate of drug-likeness (QED) is 0.157. The number of nitrogens with zero attached hydrogens (tertiary/aromatic N) is 1. The lowest BCUT2D eigenvalue weighted by Crippen LogP contribution is -2.43. The third-order valence-corrected chi connectivity index (χ3v) is 5.63. The van der Waals surface area contributed by atoms with Crippen LogP contribution in [0.2, 0.25) is 0 Å². The van der Waals surface area contributed by atoms with Crippen LogP contribution in [0.3, 0.4) is 0 Å². The maximum atomic E-state index is 12.0. The summed E-state index contributed by atoms with van der Waals surface area (Å²) in [6.45, 7) is 5.04. The Morgan fingerprint density at radius 1 is 1.20 bits per heavy atom. The van der Waals surface area contributed by atoms with Crippen LogP contribution in [-0.4, -0.2) is 53.0 Å². The molecule has 0 heterocycles. The zero-order chi connectivity index (χ0) is 21.1. The van der Waals surface area contributed by atoms with Gasteiger partial charge in [0.25, 0.3) is 0 Å². The summed E-state index contributed by atoms with van der Waals surface area (Å²) in [5.41, 5.74) is 1.64. The fraction of sp³-hybridized carbons (Fsp3) is 0.636. The first kappa shape index (κ1) is 26.5. The number of hydrogen-bond donors (Lipinski definition) is 2. The minimum Gasteiger partial charge on any atom is -0.496 e. The summed E-state index contributed by atoms with van der Waals surface area (Å²) >= 11 is 0. The van der Waals surface area contributed by atoms with Crippen LogP contribution in [0.25, 0.3) is 0 Å². The molecule has 0 radical (unpaired) electrons. The molecule has 1 aliphatic carbocycles. The first-order valence-electron chi connectivity index (χ1n) is 10.3. The van der Waals surface area contributed by atoms with E-state index in [1.165, 1.54) is 39.9 Å². The number of carbonyl (C=O) groups is 1. The molecule has 0 aromatic heterocycles. The molecule has 0 unspecified atom stereocenters. The first-order chi connectivity index (χ1) is 14.1. The lowest BCUT2D eigenvalue weighted by molar-refractivity contribution is 0.0597. The van der Waals surface area contributed by atoms with Gasteiger partial charge in [0, 0.05) is 33.4 Å². The van der Waals surface area contributed by atoms with Gasteiger partial charge in [0.1, 0.15) is 11.3 Å². The summed E-state index contributed by atoms with van der Waals surface area (Å²) in [4.78, 5) is 16.3. The topological polar surface area (TPSA) is 81.2 Å². The van der Waals surface area contributed by atoms with Gasteiger partial charge < -0.3 is 24.8 Å². The molecule has 0 amide bonds. The highest BCUT2D eigenvalue weighted by Crippen LogP contribution is 2.40. The van der Waals surface area contributed by atoms with Crippen molar-refractivity contribution < 1.29 is 19.0 Å². The van der Waals surface area contributed by atoms with E-state index in [4.69, 9.17) is 14.2 Å². The fourth-order valence-corrected chi connectivity index (χ4v) is 3.89. The van der Waals surface area contributed by atoms with E-state index in [9.17, 15) is 4.79 Å². The van der Waals surface area contributed by atoms with E-state index in [-0.39, 0.29) is 29.4 Å². The number of benzene rings is 1. The van der Waals surface area contributed by atoms with Crippen LogP contribution >= 0.6 is 24.0 Å². The van der Waals surface area contributed by atoms with Gasteiger partial charge in [-0.25, -0.2) is 4.79 Å². The van der Waals surface area contributed by atoms with Crippen LogP contribution in [0.1, 0.15) is 54.9 Å². The molecular weight excluding hydrogens is 497 g/mol. The summed E-state index contributed by atoms with van der Waals surface area (Å²) in [5.74, 6) is 0.840. The number of carbonyl (C=O) groups excluding carboxylic acids is 1. The molecule has 0 aliphatic heterocycles. The highest BCUT2D eigenvalue weighted by atomic mass is 127. The number of hydrogen-bond acceptors (Lipinski definition) is 5. The second-order valence-electron chi connectivity index (χ2n) is 7.46. The monoisotopic (exact) mass is 533 g/mol. The molecule has 0 bridgehead atoms. The zero-order valence-electron chi connectivity index (χ0n) is 18.6. The van der Waals surface area contributed by atoms with Crippen LogP contribution < -0.4 is 15.4 Å². The van der Waals surface area contributed by atoms with Gasteiger partial charge >= 0.3 is 5.97 Å². The molecule has 0 spiro atoms. The molecule has 1 aromatic rings. The highest BCUT2D eigenvalue weighted by Gasteiger charge is 2.33. The first-order valence-corrected chi connectivity index (χ1v) is 10.3. The van der Waals surface area contributed by atoms with Gasteiger partial charge in [0.2, 0.25) is 0 Å². The van der Waals surface area contributed by atoms with Gasteiger partial charge in [-0.1, -0.05) is 18.9 Å². The SMILES string of the molecule is CCOCCC1(CNC(=NC)NCc2ccc(OC)c(C(=O)OC)c2)CCCC1.I. The normalized spacial score (nSPS) is 15.3. The Morgan fingerprint density at radius 2 is 1.93 bits per heavy atom. The second-order valence-corrected chi connectivity index (χ2v) is 7.46. The van der Waals surface area contributed by atoms with Crippen LogP contribution in [0.15, 0.2) is 23.2 Å². The molecule has 1 saturated carbocycles. The predicted molar refractivity (Wildman–Crippen MR) is 130 cm³/mol. The van der Waals surface area contributed by atoms with E-state index in [2.05, 4.69) is 15.6 Å². The number of ether oxygens (including phenoxy) is 3. The van der Waals surface area contributed by atoms with Crippen molar-refractivity contribution in [3.63, 3.8) is 0 Å². The van der Waals surface area contributed by atoms with Gasteiger partial charge in [0.05, 0.1) is 14.2 Å². The third kappa shape index (κ3) is 7.61. The molecule has 8 heteroatoms. The van der Waals surface area contributed by atoms with Crippen molar-refractivity contribution in [2.45, 2.75) is 45.6 Å². The minimum atomic E-state index is -0.413. The van der Waals surface area contributed by atoms with Crippen molar-refractivity contribution in [3.05, 3.63) is 29.3 Å². The maximum Gasteiger partial charge on any atom is 0.341 e. The van der Waals surface area contributed by atoms with E-state index in [0.717, 1.165) is 37.7 Å². The molecule has 1 aliphatic rings. The van der Waals surface area contributed by atoms with E-state index >= 15 is 0 Å². The maximum absolute atomic E-state index is 12.0. The number of rotatable bonds is 10. The summed E-state index contributed by atoms with van der Waals surface area (Å²) < 4.78 is 15.7. The van der Waals surface area contributed by atoms with Crippen LogP contribution in [0, 0.1) is 5.41 Å². The Bertz CT molecular complexity index is 691. The number of aliphatic imine (C=N–C) groups is 1. The van der Waals surface area contributed by atoms with E-state index in [1.54, 1.807) is 19.2 Å². The highest BCUT2D eigenvalue weighted by molar-refractivity contribution is 14.0. The smallest absolute Gasteiger partial charge is 0.341 e. The van der Waals surface area contributed by atoms with Crippen LogP contribution in [0.5, 0.6) is 5.75 Å². The summed E-state index contributed by atoms with van der Waals surface area (Å²) in [7, 11) is 4.67. The van der Waals surface area contributed by atoms with Crippen molar-refractivity contribution >= 4 is 35.9 Å². The van der Waals surface area contributed by atoms with Gasteiger partial charge in [-0.3, -0.25) is 4.99 Å². The molecule has 170 valence electrons. The summed E-state index contributed by atoms with van der Waals surface area (Å²) in [6, 6.07) is 5.48. The molecule has 1 aromatic carbocycles. The van der Waals surface area contributed by atoms with Crippen LogP contribution in [0.4, 0.5) is 0 Å². The summed E-state index contributed by atoms with van der Waals surface area (Å²) in [6.07, 6.45) is 6.09. The second kappa shape index (κ2) is 13.7. The van der Waals surface area contributed by atoms with E-state index < -0.39 is 5.97 Å². The number of nitrogens with one attached hydrogen (secondary N) is 2. The van der Waals surface area contributed by atoms with Gasteiger partial charge in [-0.2, -0.15) is 0 Å². The van der Waals surface area contributed by atoms with Gasteiger partial charge in [-0.05, 0) is 49.3 Å². The Morgan fingerprint density at radius 3 is 2.53 bits per heavy atom. The third-order valence-electron chi connectivity index (χ3n) is 5.63. The number of methoxy groups -OCH3 is 2. The largest absolute Gasteiger partial charge is 0.496 e. The minimum absolute atomic E-state index is 0. The Hall–Kier alpha value is -1.55. The molecule has 2 N–H and O–H groups in total. The zero-order valence-corrected chi connectivity index (χ0v) is 20.9. The molecule has 7 nitrogen and oxygen atoms in total. The van der Waals surface area contributed by atoms with E-state index in [0.29, 0.717) is 17.9 Å². The predicted octanol–water partition coefficient (Wildman–Crippen LogP) is 3.75. The average molecular weight is 533 g/mol. The lowest BCUT2D eigenvalue weighted by Gasteiger charge is -2.30. The molecule has 2 rings (SSSR count). The number of guanidine groups is 1. The molecule has 30 heavy (non-hydrogen) atoms. The Balaban J connectivity index is 0.00000450. The van der Waals surface area contributed by atoms with E-state index in [1.807, 2.05) is 13.0 Å². The van der Waals surface area contributed by atoms with Gasteiger partial charge in [-0.15, -0.1) is 24.0 Å². The average Bonchev–Trinajstić information content (AvgIpc) is 3.22. The van der Waals surface area contributed by atoms with Crippen molar-refractivity contribution in [1.82, 2.24) is 10.6 Å². The molecule has 1 fully saturated rings. The summed E-state index contributed by atoms with van der Waals surface area (Å²) in [5, 5.41) is 6.82. The lowest BCUT2D eigenvalue weighted by atomic mass is 9.83. The molecule has 0 atom stereocenters. The Labute approximate surface area is 197 Å². The number of halogens is 1. The standard InChI is InChI=1S/C22H35N3O4.HI/c1-5-29-13-12-22(10-6-7-11-22)16-25-21(23-2)24-15-17-8-9-19(27-3)18(14-17)20(26)28-4;/h8-9,14H,5-7,10-13,15-16H2,1-4H3,(H2,23,24,25);1H. The number of esters is 1. The van der Waals surface area contributed by atoms with Crippen molar-refractivity contribution in [2.24, 2.45) is 10.4 Å². The van der Waals surface area contributed by atoms with Crippen LogP contribution in [-0.2, 0) is 16.0 Å². The molecular formula is C22H36IN3O4. The van der Waals surface area contributed by atoms with Crippen molar-refractivity contribution in [3.8, 4) is 5.75 Å². The molecule has 0 saturated heterocycles.